The first-order chi connectivity index (χ1) is 12.1. The highest BCUT2D eigenvalue weighted by Gasteiger charge is 2.30. The standard InChI is InChI=1S/C17H22N4O4/c1-3-24-11-15(22)21-7-6-20-10-14(19-16(20)12(21)2)17(23)18-9-13-5-4-8-25-13/h4-5,8,10,12H,3,6-7,9,11H2,1-2H3,(H,18,23). The van der Waals surface area contributed by atoms with Gasteiger partial charge >= 0.3 is 0 Å². The molecule has 0 saturated carbocycles. The Morgan fingerprint density at radius 3 is 3.00 bits per heavy atom. The molecule has 0 bridgehead atoms. The van der Waals surface area contributed by atoms with Crippen molar-refractivity contribution in [2.24, 2.45) is 0 Å². The van der Waals surface area contributed by atoms with Crippen LogP contribution in [0.2, 0.25) is 0 Å². The monoisotopic (exact) mass is 346 g/mol. The molecule has 1 atom stereocenters. The fourth-order valence-electron chi connectivity index (χ4n) is 2.88. The van der Waals surface area contributed by atoms with E-state index in [1.807, 2.05) is 18.4 Å². The highest BCUT2D eigenvalue weighted by molar-refractivity contribution is 5.92. The number of imidazole rings is 1. The van der Waals surface area contributed by atoms with Gasteiger partial charge in [0.2, 0.25) is 5.91 Å². The van der Waals surface area contributed by atoms with Crippen LogP contribution in [-0.2, 0) is 22.6 Å². The molecule has 0 fully saturated rings. The highest BCUT2D eigenvalue weighted by Crippen LogP contribution is 2.24. The number of hydrogen-bond donors (Lipinski definition) is 1. The molecule has 3 heterocycles. The molecule has 134 valence electrons. The number of carbonyl (C=O) groups excluding carboxylic acids is 2. The zero-order valence-electron chi connectivity index (χ0n) is 14.4. The summed E-state index contributed by atoms with van der Waals surface area (Å²) in [6.45, 7) is 5.82. The lowest BCUT2D eigenvalue weighted by Crippen LogP contribution is -2.42. The van der Waals surface area contributed by atoms with Gasteiger partial charge in [-0.3, -0.25) is 9.59 Å². The number of carbonyl (C=O) groups is 2. The predicted molar refractivity (Wildman–Crippen MR) is 88.7 cm³/mol. The van der Waals surface area contributed by atoms with Crippen molar-refractivity contribution in [3.05, 3.63) is 41.9 Å². The minimum Gasteiger partial charge on any atom is -0.467 e. The maximum Gasteiger partial charge on any atom is 0.271 e. The van der Waals surface area contributed by atoms with E-state index in [1.54, 1.807) is 29.5 Å². The summed E-state index contributed by atoms with van der Waals surface area (Å²) in [6, 6.07) is 3.36. The van der Waals surface area contributed by atoms with E-state index >= 15 is 0 Å². The van der Waals surface area contributed by atoms with Crippen molar-refractivity contribution in [1.29, 1.82) is 0 Å². The Kier molecular flexibility index (Phi) is 5.18. The minimum absolute atomic E-state index is 0.0626. The number of ether oxygens (including phenoxy) is 1. The fourth-order valence-corrected chi connectivity index (χ4v) is 2.88. The van der Waals surface area contributed by atoms with Gasteiger partial charge in [0.15, 0.2) is 0 Å². The number of furan rings is 1. The van der Waals surface area contributed by atoms with Crippen LogP contribution < -0.4 is 5.32 Å². The minimum atomic E-state index is -0.266. The smallest absolute Gasteiger partial charge is 0.271 e. The largest absolute Gasteiger partial charge is 0.467 e. The summed E-state index contributed by atoms with van der Waals surface area (Å²) in [6.07, 6.45) is 3.29. The van der Waals surface area contributed by atoms with Crippen LogP contribution in [0.1, 0.15) is 42.0 Å². The van der Waals surface area contributed by atoms with E-state index in [0.29, 0.717) is 43.5 Å². The van der Waals surface area contributed by atoms with Crippen molar-refractivity contribution < 1.29 is 18.7 Å². The van der Waals surface area contributed by atoms with E-state index in [-0.39, 0.29) is 24.5 Å². The summed E-state index contributed by atoms with van der Waals surface area (Å²) in [5, 5.41) is 2.78. The van der Waals surface area contributed by atoms with Crippen LogP contribution in [0.15, 0.2) is 29.0 Å². The molecule has 0 saturated heterocycles. The van der Waals surface area contributed by atoms with Gasteiger partial charge in [-0.05, 0) is 26.0 Å². The van der Waals surface area contributed by atoms with E-state index in [2.05, 4.69) is 10.3 Å². The second-order valence-electron chi connectivity index (χ2n) is 5.84. The Bertz CT molecular complexity index is 738. The lowest BCUT2D eigenvalue weighted by molar-refractivity contribution is -0.139. The molecule has 2 amide bonds. The molecule has 1 unspecified atom stereocenters. The van der Waals surface area contributed by atoms with Crippen molar-refractivity contribution in [2.75, 3.05) is 19.8 Å². The Labute approximate surface area is 145 Å². The maximum absolute atomic E-state index is 12.3. The number of nitrogens with one attached hydrogen (secondary N) is 1. The average molecular weight is 346 g/mol. The van der Waals surface area contributed by atoms with Crippen molar-refractivity contribution >= 4 is 11.8 Å². The third kappa shape index (κ3) is 3.74. The van der Waals surface area contributed by atoms with Gasteiger partial charge in [-0.15, -0.1) is 0 Å². The van der Waals surface area contributed by atoms with E-state index in [4.69, 9.17) is 9.15 Å². The summed E-state index contributed by atoms with van der Waals surface area (Å²) < 4.78 is 12.3. The Balaban J connectivity index is 1.67. The molecular formula is C17H22N4O4. The zero-order chi connectivity index (χ0) is 17.8. The van der Waals surface area contributed by atoms with Gasteiger partial charge in [0, 0.05) is 25.9 Å². The van der Waals surface area contributed by atoms with Crippen LogP contribution in [0.4, 0.5) is 0 Å². The predicted octanol–water partition coefficient (Wildman–Crippen LogP) is 1.35. The lowest BCUT2D eigenvalue weighted by Gasteiger charge is -2.33. The molecule has 2 aromatic heterocycles. The van der Waals surface area contributed by atoms with E-state index in [1.165, 1.54) is 0 Å². The number of aromatic nitrogens is 2. The zero-order valence-corrected chi connectivity index (χ0v) is 14.4. The summed E-state index contributed by atoms with van der Waals surface area (Å²) >= 11 is 0. The van der Waals surface area contributed by atoms with Gasteiger partial charge in [-0.2, -0.15) is 0 Å². The number of hydrogen-bond acceptors (Lipinski definition) is 5. The SMILES string of the molecule is CCOCC(=O)N1CCn2cc(C(=O)NCc3ccco3)nc2C1C. The van der Waals surface area contributed by atoms with Gasteiger partial charge in [-0.25, -0.2) is 4.98 Å². The molecule has 0 aliphatic carbocycles. The van der Waals surface area contributed by atoms with Crippen LogP contribution in [0.25, 0.3) is 0 Å². The number of rotatable bonds is 6. The van der Waals surface area contributed by atoms with Crippen molar-refractivity contribution in [3.8, 4) is 0 Å². The first-order valence-electron chi connectivity index (χ1n) is 8.35. The van der Waals surface area contributed by atoms with Crippen molar-refractivity contribution in [2.45, 2.75) is 33.0 Å². The molecule has 1 N–H and O–H groups in total. The van der Waals surface area contributed by atoms with Gasteiger partial charge in [0.05, 0.1) is 18.8 Å². The quantitative estimate of drug-likeness (QED) is 0.853. The van der Waals surface area contributed by atoms with E-state index in [0.717, 1.165) is 0 Å². The summed E-state index contributed by atoms with van der Waals surface area (Å²) in [4.78, 5) is 30.7. The van der Waals surface area contributed by atoms with Crippen LogP contribution >= 0.6 is 0 Å². The third-order valence-electron chi connectivity index (χ3n) is 4.22. The Hall–Kier alpha value is -2.61. The number of fused-ring (bicyclic) bond motifs is 1. The first kappa shape index (κ1) is 17.2. The topological polar surface area (TPSA) is 89.6 Å². The maximum atomic E-state index is 12.3. The van der Waals surface area contributed by atoms with Gasteiger partial charge in [0.1, 0.15) is 23.9 Å². The summed E-state index contributed by atoms with van der Waals surface area (Å²) in [5.41, 5.74) is 0.340. The normalized spacial score (nSPS) is 16.6. The van der Waals surface area contributed by atoms with E-state index < -0.39 is 0 Å². The Morgan fingerprint density at radius 2 is 2.28 bits per heavy atom. The molecule has 1 aliphatic heterocycles. The number of amides is 2. The van der Waals surface area contributed by atoms with Crippen LogP contribution in [-0.4, -0.2) is 46.0 Å². The number of nitrogens with zero attached hydrogens (tertiary/aromatic N) is 3. The average Bonchev–Trinajstić information content (AvgIpc) is 3.27. The fraction of sp³-hybridized carbons (Fsp3) is 0.471. The van der Waals surface area contributed by atoms with Crippen molar-refractivity contribution in [3.63, 3.8) is 0 Å². The van der Waals surface area contributed by atoms with E-state index in [9.17, 15) is 9.59 Å². The second-order valence-corrected chi connectivity index (χ2v) is 5.84. The highest BCUT2D eigenvalue weighted by atomic mass is 16.5. The van der Waals surface area contributed by atoms with Gasteiger partial charge in [-0.1, -0.05) is 0 Å². The molecule has 25 heavy (non-hydrogen) atoms. The molecular weight excluding hydrogens is 324 g/mol. The van der Waals surface area contributed by atoms with Crippen LogP contribution in [0.3, 0.4) is 0 Å². The lowest BCUT2D eigenvalue weighted by atomic mass is 10.2. The third-order valence-corrected chi connectivity index (χ3v) is 4.22. The van der Waals surface area contributed by atoms with Gasteiger partial charge in [0.25, 0.3) is 5.91 Å². The molecule has 8 nitrogen and oxygen atoms in total. The Morgan fingerprint density at radius 1 is 1.44 bits per heavy atom. The molecule has 8 heteroatoms. The summed E-state index contributed by atoms with van der Waals surface area (Å²) in [5.74, 6) is 1.06. The van der Waals surface area contributed by atoms with Crippen molar-refractivity contribution in [1.82, 2.24) is 19.8 Å². The molecule has 2 aromatic rings. The first-order valence-corrected chi connectivity index (χ1v) is 8.35. The second kappa shape index (κ2) is 7.52. The summed E-state index contributed by atoms with van der Waals surface area (Å²) in [7, 11) is 0. The van der Waals surface area contributed by atoms with Crippen LogP contribution in [0.5, 0.6) is 0 Å². The molecule has 0 radical (unpaired) electrons. The molecule has 1 aliphatic rings. The molecule has 0 aromatic carbocycles. The van der Waals surface area contributed by atoms with Crippen LogP contribution in [0, 0.1) is 0 Å². The van der Waals surface area contributed by atoms with Gasteiger partial charge < -0.3 is 23.9 Å². The molecule has 3 rings (SSSR count). The molecule has 0 spiro atoms.